The molecule has 2 aliphatic rings. The summed E-state index contributed by atoms with van der Waals surface area (Å²) in [6, 6.07) is 19.3. The summed E-state index contributed by atoms with van der Waals surface area (Å²) in [5.41, 5.74) is 2.88. The molecule has 10 heteroatoms. The smallest absolute Gasteiger partial charge is 0.283 e. The number of aryl methyl sites for hydroxylation is 1. The molecular weight excluding hydrogens is 512 g/mol. The van der Waals surface area contributed by atoms with Gasteiger partial charge < -0.3 is 14.0 Å². The highest BCUT2D eigenvalue weighted by atomic mass is 32.2. The van der Waals surface area contributed by atoms with Gasteiger partial charge in [-0.15, -0.1) is 0 Å². The number of aromatic nitrogens is 2. The number of hydrogen-bond donors (Lipinski definition) is 1. The Balaban J connectivity index is 1.23. The Morgan fingerprint density at radius 2 is 1.87 bits per heavy atom. The standard InChI is InChI=1S/C29H24N6O3S/c1-37-24-11-4-5-12-25(24)38-15-7-14-34-18-20(21-9-2-3-10-23(21)34)16-22-26(30)35-29(32-27(22)36)39-28(33-35)19-8-6-13-31-17-19/h2-6,8-13,16-18,30H,7,14-15H2,1H3/b22-16+,30-26?. The summed E-state index contributed by atoms with van der Waals surface area (Å²) in [6.45, 7) is 1.24. The molecule has 0 bridgehead atoms. The number of amidine groups is 2. The number of pyridine rings is 1. The molecule has 0 spiro atoms. The molecule has 1 amide bonds. The minimum Gasteiger partial charge on any atom is -0.493 e. The van der Waals surface area contributed by atoms with Crippen molar-refractivity contribution < 1.29 is 14.3 Å². The number of hydrazone groups is 1. The molecule has 4 aromatic rings. The Morgan fingerprint density at radius 3 is 2.69 bits per heavy atom. The van der Waals surface area contributed by atoms with Crippen LogP contribution in [-0.4, -0.2) is 50.2 Å². The van der Waals surface area contributed by atoms with E-state index in [0.29, 0.717) is 34.9 Å². The Morgan fingerprint density at radius 1 is 1.05 bits per heavy atom. The van der Waals surface area contributed by atoms with Gasteiger partial charge in [0.2, 0.25) is 5.17 Å². The molecule has 6 rings (SSSR count). The Bertz CT molecular complexity index is 1670. The van der Waals surface area contributed by atoms with Crippen LogP contribution >= 0.6 is 11.8 Å². The number of ether oxygens (including phenoxy) is 2. The lowest BCUT2D eigenvalue weighted by Crippen LogP contribution is -2.35. The van der Waals surface area contributed by atoms with E-state index in [1.54, 1.807) is 25.6 Å². The Hall–Kier alpha value is -4.70. The van der Waals surface area contributed by atoms with Crippen LogP contribution in [0.2, 0.25) is 0 Å². The summed E-state index contributed by atoms with van der Waals surface area (Å²) >= 11 is 1.26. The van der Waals surface area contributed by atoms with Crippen molar-refractivity contribution in [3.8, 4) is 11.5 Å². The second kappa shape index (κ2) is 10.6. The summed E-state index contributed by atoms with van der Waals surface area (Å²) in [4.78, 5) is 21.4. The third-order valence-corrected chi connectivity index (χ3v) is 7.31. The van der Waals surface area contributed by atoms with Gasteiger partial charge in [0.05, 0.1) is 19.3 Å². The largest absolute Gasteiger partial charge is 0.493 e. The van der Waals surface area contributed by atoms with Gasteiger partial charge in [0.25, 0.3) is 5.91 Å². The quantitative estimate of drug-likeness (QED) is 0.246. The van der Waals surface area contributed by atoms with Crippen molar-refractivity contribution in [3.63, 3.8) is 0 Å². The number of rotatable bonds is 8. The molecule has 0 radical (unpaired) electrons. The molecule has 2 aliphatic heterocycles. The zero-order chi connectivity index (χ0) is 26.8. The second-order valence-electron chi connectivity index (χ2n) is 8.81. The first-order chi connectivity index (χ1) is 19.1. The van der Waals surface area contributed by atoms with Crippen LogP contribution in [0.4, 0.5) is 0 Å². The normalized spacial score (nSPS) is 15.9. The van der Waals surface area contributed by atoms with Crippen molar-refractivity contribution in [1.29, 1.82) is 5.41 Å². The van der Waals surface area contributed by atoms with Crippen LogP contribution in [0.25, 0.3) is 17.0 Å². The van der Waals surface area contributed by atoms with Gasteiger partial charge in [0, 0.05) is 47.2 Å². The van der Waals surface area contributed by atoms with Gasteiger partial charge in [-0.25, -0.2) is 0 Å². The van der Waals surface area contributed by atoms with Crippen LogP contribution in [0.15, 0.2) is 94.9 Å². The molecule has 0 saturated heterocycles. The molecular formula is C29H24N6O3S. The highest BCUT2D eigenvalue weighted by Crippen LogP contribution is 2.32. The van der Waals surface area contributed by atoms with Crippen LogP contribution < -0.4 is 9.47 Å². The number of aliphatic imine (C=N–C) groups is 1. The average Bonchev–Trinajstić information content (AvgIpc) is 3.56. The minimum atomic E-state index is -0.455. The zero-order valence-electron chi connectivity index (χ0n) is 21.1. The maximum Gasteiger partial charge on any atom is 0.283 e. The zero-order valence-corrected chi connectivity index (χ0v) is 21.9. The lowest BCUT2D eigenvalue weighted by molar-refractivity contribution is -0.114. The second-order valence-corrected chi connectivity index (χ2v) is 9.77. The average molecular weight is 537 g/mol. The van der Waals surface area contributed by atoms with Gasteiger partial charge in [0.15, 0.2) is 17.3 Å². The number of carbonyl (C=O) groups excluding carboxylic acids is 1. The summed E-state index contributed by atoms with van der Waals surface area (Å²) in [5.74, 6) is 0.963. The predicted molar refractivity (Wildman–Crippen MR) is 153 cm³/mol. The lowest BCUT2D eigenvalue weighted by atomic mass is 10.1. The van der Waals surface area contributed by atoms with E-state index in [0.717, 1.165) is 28.5 Å². The van der Waals surface area contributed by atoms with Crippen LogP contribution in [0, 0.1) is 5.41 Å². The molecule has 0 atom stereocenters. The van der Waals surface area contributed by atoms with Crippen LogP contribution in [0.3, 0.4) is 0 Å². The van der Waals surface area contributed by atoms with Crippen molar-refractivity contribution in [3.05, 3.63) is 96.0 Å². The molecule has 9 nitrogen and oxygen atoms in total. The first-order valence-electron chi connectivity index (χ1n) is 12.4. The van der Waals surface area contributed by atoms with E-state index in [1.165, 1.54) is 16.8 Å². The predicted octanol–water partition coefficient (Wildman–Crippen LogP) is 5.18. The van der Waals surface area contributed by atoms with Crippen molar-refractivity contribution in [1.82, 2.24) is 14.6 Å². The molecule has 1 N–H and O–H groups in total. The molecule has 0 aliphatic carbocycles. The summed E-state index contributed by atoms with van der Waals surface area (Å²) in [7, 11) is 1.63. The number of nitrogens with one attached hydrogen (secondary N) is 1. The number of carbonyl (C=O) groups is 1. The van der Waals surface area contributed by atoms with E-state index in [9.17, 15) is 4.79 Å². The van der Waals surface area contributed by atoms with Crippen LogP contribution in [-0.2, 0) is 11.3 Å². The number of fused-ring (bicyclic) bond motifs is 2. The molecule has 4 heterocycles. The minimum absolute atomic E-state index is 0.00145. The third-order valence-electron chi connectivity index (χ3n) is 6.35. The van der Waals surface area contributed by atoms with Gasteiger partial charge in [-0.3, -0.25) is 15.2 Å². The van der Waals surface area contributed by atoms with Gasteiger partial charge in [0.1, 0.15) is 5.04 Å². The highest BCUT2D eigenvalue weighted by molar-refractivity contribution is 8.27. The van der Waals surface area contributed by atoms with Gasteiger partial charge in [-0.05, 0) is 54.6 Å². The molecule has 0 saturated carbocycles. The monoisotopic (exact) mass is 536 g/mol. The van der Waals surface area contributed by atoms with E-state index >= 15 is 0 Å². The molecule has 2 aromatic heterocycles. The van der Waals surface area contributed by atoms with Crippen molar-refractivity contribution in [2.24, 2.45) is 10.1 Å². The molecule has 2 aromatic carbocycles. The fourth-order valence-corrected chi connectivity index (χ4v) is 5.36. The first kappa shape index (κ1) is 24.6. The lowest BCUT2D eigenvalue weighted by Gasteiger charge is -2.20. The maximum atomic E-state index is 13.0. The number of benzene rings is 2. The summed E-state index contributed by atoms with van der Waals surface area (Å²) in [6.07, 6.45) is 7.89. The highest BCUT2D eigenvalue weighted by Gasteiger charge is 2.36. The Kier molecular flexibility index (Phi) is 6.68. The van der Waals surface area contributed by atoms with E-state index in [4.69, 9.17) is 14.9 Å². The Labute approximate surface area is 229 Å². The molecule has 0 fully saturated rings. The number of para-hydroxylation sites is 3. The topological polar surface area (TPSA) is 105 Å². The maximum absolute atomic E-state index is 13.0. The first-order valence-corrected chi connectivity index (χ1v) is 13.2. The van der Waals surface area contributed by atoms with Crippen molar-refractivity contribution >= 4 is 50.7 Å². The number of thioether (sulfide) groups is 1. The van der Waals surface area contributed by atoms with E-state index in [1.807, 2.05) is 66.9 Å². The van der Waals surface area contributed by atoms with Gasteiger partial charge in [-0.1, -0.05) is 30.3 Å². The van der Waals surface area contributed by atoms with E-state index < -0.39 is 5.91 Å². The third kappa shape index (κ3) is 4.82. The van der Waals surface area contributed by atoms with Gasteiger partial charge in [-0.2, -0.15) is 15.1 Å². The fourth-order valence-electron chi connectivity index (χ4n) is 4.48. The van der Waals surface area contributed by atoms with Gasteiger partial charge >= 0.3 is 0 Å². The molecule has 0 unspecified atom stereocenters. The molecule has 194 valence electrons. The van der Waals surface area contributed by atoms with Crippen LogP contribution in [0.5, 0.6) is 11.5 Å². The van der Waals surface area contributed by atoms with Crippen molar-refractivity contribution in [2.75, 3.05) is 13.7 Å². The van der Waals surface area contributed by atoms with E-state index in [2.05, 4.69) is 19.6 Å². The fraction of sp³-hybridized carbons (Fsp3) is 0.138. The number of hydrogen-bond acceptors (Lipinski definition) is 7. The summed E-state index contributed by atoms with van der Waals surface area (Å²) < 4.78 is 13.4. The van der Waals surface area contributed by atoms with E-state index in [-0.39, 0.29) is 11.4 Å². The number of amides is 1. The van der Waals surface area contributed by atoms with Crippen LogP contribution in [0.1, 0.15) is 17.5 Å². The van der Waals surface area contributed by atoms with Crippen molar-refractivity contribution in [2.45, 2.75) is 13.0 Å². The number of nitrogens with zero attached hydrogens (tertiary/aromatic N) is 5. The summed E-state index contributed by atoms with van der Waals surface area (Å²) in [5, 5.41) is 16.7. The molecule has 39 heavy (non-hydrogen) atoms. The SMILES string of the molecule is COc1ccccc1OCCCn1cc(/C=C2\C(=N)N3N=C(c4cccnc4)SC3=NC2=O)c2ccccc21. The number of methoxy groups -OCH3 is 1.